The fraction of sp³-hybridized carbons (Fsp3) is 0.0769. The number of H-pyrrole nitrogens is 1. The van der Waals surface area contributed by atoms with E-state index in [-0.39, 0.29) is 5.91 Å². The van der Waals surface area contributed by atoms with Crippen LogP contribution in [0.2, 0.25) is 5.15 Å². The van der Waals surface area contributed by atoms with Crippen molar-refractivity contribution in [3.8, 4) is 11.4 Å². The fourth-order valence-corrected chi connectivity index (χ4v) is 2.59. The van der Waals surface area contributed by atoms with E-state index in [2.05, 4.69) is 25.5 Å². The molecule has 0 aliphatic rings. The average molecular weight is 320 g/mol. The number of thiazole rings is 1. The minimum absolute atomic E-state index is 0.296. The maximum atomic E-state index is 12.0. The summed E-state index contributed by atoms with van der Waals surface area (Å²) in [7, 11) is 0. The van der Waals surface area contributed by atoms with E-state index in [1.54, 1.807) is 17.5 Å². The van der Waals surface area contributed by atoms with Gasteiger partial charge in [0.25, 0.3) is 5.91 Å². The molecule has 0 radical (unpaired) electrons. The van der Waals surface area contributed by atoms with Crippen molar-refractivity contribution in [1.82, 2.24) is 20.2 Å². The van der Waals surface area contributed by atoms with Crippen LogP contribution in [0.15, 0.2) is 29.6 Å². The van der Waals surface area contributed by atoms with Gasteiger partial charge in [0.1, 0.15) is 11.0 Å². The molecule has 3 rings (SSSR count). The van der Waals surface area contributed by atoms with E-state index in [0.29, 0.717) is 21.7 Å². The Hall–Kier alpha value is -2.25. The van der Waals surface area contributed by atoms with Gasteiger partial charge in [-0.05, 0) is 19.1 Å². The Morgan fingerprint density at radius 3 is 2.90 bits per heavy atom. The minimum Gasteiger partial charge on any atom is -0.320 e. The molecule has 6 nitrogen and oxygen atoms in total. The first-order valence-corrected chi connectivity index (χ1v) is 7.29. The smallest absolute Gasteiger partial charge is 0.284 e. The molecule has 2 heterocycles. The number of halogens is 1. The first-order valence-electron chi connectivity index (χ1n) is 6.03. The molecule has 0 spiro atoms. The van der Waals surface area contributed by atoms with Crippen LogP contribution in [0, 0.1) is 6.92 Å². The first kappa shape index (κ1) is 13.7. The number of aromatic amines is 1. The number of hydrogen-bond donors (Lipinski definition) is 2. The van der Waals surface area contributed by atoms with Crippen LogP contribution < -0.4 is 5.32 Å². The van der Waals surface area contributed by atoms with Crippen molar-refractivity contribution >= 4 is 34.5 Å². The molecule has 0 saturated carbocycles. The standard InChI is InChI=1S/C13H10ClN5OS/c1-7-15-11(19-18-7)8-3-2-4-9(5-8)16-12(20)13-17-10(14)6-21-13/h2-6H,1H3,(H,16,20)(H,15,18,19). The van der Waals surface area contributed by atoms with Crippen LogP contribution in [0.3, 0.4) is 0 Å². The fourth-order valence-electron chi connectivity index (χ4n) is 1.75. The van der Waals surface area contributed by atoms with E-state index in [9.17, 15) is 4.79 Å². The lowest BCUT2D eigenvalue weighted by molar-refractivity contribution is 0.102. The van der Waals surface area contributed by atoms with Gasteiger partial charge in [0, 0.05) is 16.6 Å². The summed E-state index contributed by atoms with van der Waals surface area (Å²) in [6.45, 7) is 1.83. The number of nitrogens with zero attached hydrogens (tertiary/aromatic N) is 3. The number of aryl methyl sites for hydroxylation is 1. The number of amides is 1. The van der Waals surface area contributed by atoms with Crippen molar-refractivity contribution in [3.63, 3.8) is 0 Å². The van der Waals surface area contributed by atoms with Crippen molar-refractivity contribution in [3.05, 3.63) is 45.6 Å². The Balaban J connectivity index is 1.82. The normalized spacial score (nSPS) is 10.6. The number of carbonyl (C=O) groups is 1. The largest absolute Gasteiger partial charge is 0.320 e. The van der Waals surface area contributed by atoms with Gasteiger partial charge in [-0.2, -0.15) is 5.10 Å². The van der Waals surface area contributed by atoms with Crippen molar-refractivity contribution in [2.45, 2.75) is 6.92 Å². The summed E-state index contributed by atoms with van der Waals surface area (Å²) in [5, 5.41) is 11.9. The van der Waals surface area contributed by atoms with Crippen molar-refractivity contribution in [2.75, 3.05) is 5.32 Å². The second kappa shape index (κ2) is 5.63. The highest BCUT2D eigenvalue weighted by Gasteiger charge is 2.11. The summed E-state index contributed by atoms with van der Waals surface area (Å²) in [6.07, 6.45) is 0. The molecule has 0 bridgehead atoms. The van der Waals surface area contributed by atoms with Gasteiger partial charge in [0.05, 0.1) is 0 Å². The monoisotopic (exact) mass is 319 g/mol. The summed E-state index contributed by atoms with van der Waals surface area (Å²) >= 11 is 6.91. The number of rotatable bonds is 3. The Kier molecular flexibility index (Phi) is 3.68. The van der Waals surface area contributed by atoms with E-state index in [0.717, 1.165) is 11.4 Å². The average Bonchev–Trinajstić information content (AvgIpc) is 3.08. The number of hydrogen-bond acceptors (Lipinski definition) is 5. The molecule has 0 fully saturated rings. The predicted octanol–water partition coefficient (Wildman–Crippen LogP) is 3.14. The lowest BCUT2D eigenvalue weighted by Gasteiger charge is -2.04. The van der Waals surface area contributed by atoms with Gasteiger partial charge in [-0.15, -0.1) is 11.3 Å². The molecule has 2 N–H and O–H groups in total. The predicted molar refractivity (Wildman–Crippen MR) is 81.6 cm³/mol. The van der Waals surface area contributed by atoms with Gasteiger partial charge in [-0.25, -0.2) is 9.97 Å². The van der Waals surface area contributed by atoms with Crippen LogP contribution in [0.25, 0.3) is 11.4 Å². The Bertz CT molecular complexity index is 797. The number of aromatic nitrogens is 4. The molecular weight excluding hydrogens is 310 g/mol. The summed E-state index contributed by atoms with van der Waals surface area (Å²) in [6, 6.07) is 7.29. The van der Waals surface area contributed by atoms with Crippen LogP contribution in [0.5, 0.6) is 0 Å². The molecule has 0 saturated heterocycles. The van der Waals surface area contributed by atoms with Gasteiger partial charge >= 0.3 is 0 Å². The molecule has 21 heavy (non-hydrogen) atoms. The summed E-state index contributed by atoms with van der Waals surface area (Å²) < 4.78 is 0. The summed E-state index contributed by atoms with van der Waals surface area (Å²) in [5.41, 5.74) is 1.46. The van der Waals surface area contributed by atoms with Crippen LogP contribution in [0.4, 0.5) is 5.69 Å². The van der Waals surface area contributed by atoms with Gasteiger partial charge in [-0.3, -0.25) is 9.89 Å². The van der Waals surface area contributed by atoms with E-state index in [4.69, 9.17) is 11.6 Å². The van der Waals surface area contributed by atoms with Crippen molar-refractivity contribution < 1.29 is 4.79 Å². The number of anilines is 1. The minimum atomic E-state index is -0.296. The van der Waals surface area contributed by atoms with Gasteiger partial charge in [0.15, 0.2) is 10.8 Å². The zero-order chi connectivity index (χ0) is 14.8. The number of carbonyl (C=O) groups excluding carboxylic acids is 1. The molecule has 0 atom stereocenters. The molecule has 3 aromatic rings. The number of nitrogens with one attached hydrogen (secondary N) is 2. The second-order valence-corrected chi connectivity index (χ2v) is 5.50. The van der Waals surface area contributed by atoms with E-state index in [1.165, 1.54) is 11.3 Å². The van der Waals surface area contributed by atoms with Gasteiger partial charge in [0.2, 0.25) is 0 Å². The highest BCUT2D eigenvalue weighted by molar-refractivity contribution is 7.12. The third-order valence-electron chi connectivity index (χ3n) is 2.65. The molecule has 106 valence electrons. The topological polar surface area (TPSA) is 83.6 Å². The third-order valence-corrected chi connectivity index (χ3v) is 3.81. The Labute approximate surface area is 129 Å². The molecular formula is C13H10ClN5OS. The van der Waals surface area contributed by atoms with Crippen molar-refractivity contribution in [2.24, 2.45) is 0 Å². The van der Waals surface area contributed by atoms with Gasteiger partial charge < -0.3 is 5.32 Å². The van der Waals surface area contributed by atoms with E-state index < -0.39 is 0 Å². The maximum Gasteiger partial charge on any atom is 0.284 e. The highest BCUT2D eigenvalue weighted by Crippen LogP contribution is 2.21. The van der Waals surface area contributed by atoms with E-state index in [1.807, 2.05) is 19.1 Å². The quantitative estimate of drug-likeness (QED) is 0.776. The lowest BCUT2D eigenvalue weighted by Crippen LogP contribution is -2.11. The zero-order valence-corrected chi connectivity index (χ0v) is 12.5. The highest BCUT2D eigenvalue weighted by atomic mass is 35.5. The van der Waals surface area contributed by atoms with Crippen LogP contribution in [-0.4, -0.2) is 26.1 Å². The maximum absolute atomic E-state index is 12.0. The van der Waals surface area contributed by atoms with Crippen LogP contribution in [-0.2, 0) is 0 Å². The summed E-state index contributed by atoms with van der Waals surface area (Å²) in [4.78, 5) is 20.2. The lowest BCUT2D eigenvalue weighted by atomic mass is 10.2. The number of benzene rings is 1. The van der Waals surface area contributed by atoms with E-state index >= 15 is 0 Å². The molecule has 0 unspecified atom stereocenters. The van der Waals surface area contributed by atoms with Crippen LogP contribution >= 0.6 is 22.9 Å². The molecule has 8 heteroatoms. The Morgan fingerprint density at radius 2 is 2.24 bits per heavy atom. The molecule has 0 aliphatic carbocycles. The zero-order valence-electron chi connectivity index (χ0n) is 10.9. The van der Waals surface area contributed by atoms with Gasteiger partial charge in [-0.1, -0.05) is 23.7 Å². The molecule has 2 aromatic heterocycles. The SMILES string of the molecule is Cc1nc(-c2cccc(NC(=O)c3nc(Cl)cs3)c2)n[nH]1. The van der Waals surface area contributed by atoms with Crippen molar-refractivity contribution in [1.29, 1.82) is 0 Å². The van der Waals surface area contributed by atoms with Crippen LogP contribution in [0.1, 0.15) is 15.6 Å². The summed E-state index contributed by atoms with van der Waals surface area (Å²) in [5.74, 6) is 1.02. The first-order chi connectivity index (χ1) is 10.1. The molecule has 1 amide bonds. The third kappa shape index (κ3) is 3.09. The molecule has 0 aliphatic heterocycles. The molecule has 1 aromatic carbocycles. The Morgan fingerprint density at radius 1 is 1.38 bits per heavy atom. The second-order valence-electron chi connectivity index (χ2n) is 4.25.